The van der Waals surface area contributed by atoms with Crippen LogP contribution in [0.2, 0.25) is 0 Å². The van der Waals surface area contributed by atoms with Gasteiger partial charge in [-0.25, -0.2) is 0 Å². The number of aliphatic hydroxyl groups excluding tert-OH is 9. The van der Waals surface area contributed by atoms with Crippen molar-refractivity contribution in [2.45, 2.75) is 286 Å². The molecule has 113 heavy (non-hydrogen) atoms. The number of carbonyl (C=O) groups is 11. The van der Waals surface area contributed by atoms with E-state index in [1.54, 1.807) is 6.92 Å². The Labute approximate surface area is 661 Å². The Hall–Kier alpha value is -6.35. The highest BCUT2D eigenvalue weighted by atomic mass is 16.7. The summed E-state index contributed by atoms with van der Waals surface area (Å²) in [5.41, 5.74) is -1.40. The van der Waals surface area contributed by atoms with Crippen molar-refractivity contribution in [3.05, 3.63) is 0 Å². The molecule has 3 rings (SSSR count). The first-order valence-corrected chi connectivity index (χ1v) is 39.8. The Bertz CT molecular complexity index is 2530. The zero-order valence-electron chi connectivity index (χ0n) is 66.3. The molecule has 3 aliphatic rings. The van der Waals surface area contributed by atoms with Gasteiger partial charge in [0.2, 0.25) is 59.1 Å². The maximum absolute atomic E-state index is 13.9. The van der Waals surface area contributed by atoms with Gasteiger partial charge in [0.15, 0.2) is 18.9 Å². The van der Waals surface area contributed by atoms with Gasteiger partial charge in [-0.2, -0.15) is 0 Å². The highest BCUT2D eigenvalue weighted by Gasteiger charge is 2.48. The molecule has 3 heterocycles. The highest BCUT2D eigenvalue weighted by molar-refractivity contribution is 5.79. The molecule has 15 unspecified atom stereocenters. The minimum Gasteiger partial charge on any atom is -0.394 e. The lowest BCUT2D eigenvalue weighted by atomic mass is 9.97. The molecule has 0 aromatic rings. The van der Waals surface area contributed by atoms with E-state index >= 15 is 0 Å². The van der Waals surface area contributed by atoms with Crippen molar-refractivity contribution >= 4 is 64.9 Å². The fraction of sp³-hybridized carbons (Fsp3) is 0.851. The average Bonchev–Trinajstić information content (AvgIpc) is 0.820. The van der Waals surface area contributed by atoms with Gasteiger partial charge in [0, 0.05) is 131 Å². The molecule has 0 saturated carbocycles. The fourth-order valence-electron chi connectivity index (χ4n) is 12.4. The third kappa shape index (κ3) is 43.4. The number of hydrogen-bond acceptors (Lipinski definition) is 29. The van der Waals surface area contributed by atoms with Gasteiger partial charge in [-0.1, -0.05) is 38.5 Å². The molecule has 0 spiro atoms. The zero-order chi connectivity index (χ0) is 83.4. The maximum Gasteiger partial charge on any atom is 0.222 e. The van der Waals surface area contributed by atoms with E-state index in [2.05, 4.69) is 53.2 Å². The third-order valence-electron chi connectivity index (χ3n) is 18.6. The van der Waals surface area contributed by atoms with E-state index in [-0.39, 0.29) is 191 Å². The molecule has 10 amide bonds. The minimum absolute atomic E-state index is 0.0799. The largest absolute Gasteiger partial charge is 0.394 e. The summed E-state index contributed by atoms with van der Waals surface area (Å²) in [5, 5.41) is 118. The Morgan fingerprint density at radius 2 is 0.549 bits per heavy atom. The van der Waals surface area contributed by atoms with Crippen LogP contribution in [0.5, 0.6) is 0 Å². The molecule has 0 radical (unpaired) electrons. The van der Waals surface area contributed by atoms with Gasteiger partial charge in [-0.3, -0.25) is 47.9 Å². The smallest absolute Gasteiger partial charge is 0.222 e. The van der Waals surface area contributed by atoms with Crippen molar-refractivity contribution in [1.29, 1.82) is 0 Å². The number of rotatable bonds is 63. The molecule has 0 aromatic carbocycles. The Morgan fingerprint density at radius 3 is 0.814 bits per heavy atom. The van der Waals surface area contributed by atoms with Crippen LogP contribution in [-0.2, 0) is 95.4 Å². The van der Waals surface area contributed by atoms with E-state index in [4.69, 9.17) is 42.6 Å². The van der Waals surface area contributed by atoms with Gasteiger partial charge in [-0.15, -0.1) is 0 Å². The molecule has 39 heteroatoms. The summed E-state index contributed by atoms with van der Waals surface area (Å²) in [4.78, 5) is 138. The fourth-order valence-corrected chi connectivity index (χ4v) is 12.4. The van der Waals surface area contributed by atoms with Crippen LogP contribution in [0.3, 0.4) is 0 Å². The number of hydrogen-bond donors (Lipinski definition) is 19. The van der Waals surface area contributed by atoms with Crippen molar-refractivity contribution in [2.75, 3.05) is 119 Å². The Kier molecular flexibility index (Phi) is 52.9. The van der Waals surface area contributed by atoms with Gasteiger partial charge in [0.25, 0.3) is 0 Å². The van der Waals surface area contributed by atoms with E-state index in [1.807, 2.05) is 0 Å². The summed E-state index contributed by atoms with van der Waals surface area (Å²) in [7, 11) is 0. The highest BCUT2D eigenvalue weighted by Crippen LogP contribution is 2.26. The molecule has 39 nitrogen and oxygen atoms in total. The van der Waals surface area contributed by atoms with Gasteiger partial charge in [0.1, 0.15) is 84.4 Å². The van der Waals surface area contributed by atoms with Crippen LogP contribution in [0, 0.1) is 0 Å². The van der Waals surface area contributed by atoms with Crippen LogP contribution >= 0.6 is 0 Å². The molecule has 15 atom stereocenters. The maximum atomic E-state index is 13.9. The Morgan fingerprint density at radius 1 is 0.301 bits per heavy atom. The first kappa shape index (κ1) is 101. The van der Waals surface area contributed by atoms with Crippen LogP contribution in [0.4, 0.5) is 0 Å². The van der Waals surface area contributed by atoms with Crippen molar-refractivity contribution < 1.29 is 141 Å². The lowest BCUT2D eigenvalue weighted by Crippen LogP contribution is -2.64. The summed E-state index contributed by atoms with van der Waals surface area (Å²) in [5.74, 6) is -3.50. The van der Waals surface area contributed by atoms with Crippen LogP contribution < -0.4 is 53.2 Å². The number of Topliss-reactive ketones (excluding diaryl/α,β-unsaturated/α-hetero) is 1. The molecule has 3 saturated heterocycles. The number of nitrogens with one attached hydrogen (secondary N) is 10. The van der Waals surface area contributed by atoms with Crippen LogP contribution in [0.25, 0.3) is 0 Å². The third-order valence-corrected chi connectivity index (χ3v) is 18.6. The summed E-state index contributed by atoms with van der Waals surface area (Å²) in [6, 6.07) is -3.28. The van der Waals surface area contributed by atoms with E-state index in [9.17, 15) is 98.7 Å². The van der Waals surface area contributed by atoms with Gasteiger partial charge >= 0.3 is 0 Å². The molecule has 19 N–H and O–H groups in total. The van der Waals surface area contributed by atoms with Gasteiger partial charge in [-0.05, 0) is 77.6 Å². The molecular weight excluding hydrogens is 1490 g/mol. The predicted octanol–water partition coefficient (Wildman–Crippen LogP) is -4.19. The minimum atomic E-state index is -1.46. The molecule has 3 fully saturated rings. The van der Waals surface area contributed by atoms with Crippen LogP contribution in [0.1, 0.15) is 188 Å². The van der Waals surface area contributed by atoms with Crippen LogP contribution in [0.15, 0.2) is 0 Å². The zero-order valence-corrected chi connectivity index (χ0v) is 66.3. The SMILES string of the molecule is CC(=O)CCCCCCCCCCC(=O)NC(COCCC(=O)NCCCNC(=O)CCCCOC1OC(CO)C(O)C(O)C1NC(C)=O)(COCCC(=O)NCCCNC(=O)CCCCOC1OC(CO)C(O)C(O)C1NC(C)=O)COCCC(=O)NCCCNC(=O)CCCCOC1OC(CO)C(O)C(O)C1NC(C)=O. The standard InChI is InChI=1S/C74H132N10O29/c1-48(88)22-11-9-7-5-6-8-10-12-26-61(98)84-74(45-105-39-27-58(95)78-33-19-30-75-55(92)23-13-16-36-108-71-62(81-49(2)89)68(102)65(99)52(42-85)111-71,46-106-40-28-59(96)79-34-20-31-76-56(93)24-14-17-37-109-72-63(82-50(3)90)69(103)66(100)53(43-86)112-72)47-107-41-29-60(97)80-35-21-32-77-57(94)25-15-18-38-110-73-64(83-51(4)91)70(104)67(101)54(44-87)113-73/h52-54,62-73,85-87,99-104H,5-47H2,1-4H3,(H,75,92)(H,76,93)(H,77,94)(H,78,95)(H,79,96)(H,80,97)(H,81,89)(H,82,90)(H,83,91)(H,84,98). The van der Waals surface area contributed by atoms with E-state index in [0.717, 1.165) is 44.9 Å². The second kappa shape index (κ2) is 59.3. The van der Waals surface area contributed by atoms with Crippen molar-refractivity contribution in [1.82, 2.24) is 53.2 Å². The normalized spacial score (nSPS) is 24.0. The summed E-state index contributed by atoms with van der Waals surface area (Å²) in [6.07, 6.45) is -4.19. The summed E-state index contributed by atoms with van der Waals surface area (Å²) in [6.45, 7) is 4.08. The Balaban J connectivity index is 1.55. The predicted molar refractivity (Wildman–Crippen MR) is 401 cm³/mol. The van der Waals surface area contributed by atoms with E-state index in [1.165, 1.54) is 20.8 Å². The lowest BCUT2D eigenvalue weighted by Gasteiger charge is -2.42. The van der Waals surface area contributed by atoms with Gasteiger partial charge in [0.05, 0.1) is 59.5 Å². The molecule has 0 bridgehead atoms. The molecule has 0 aromatic heterocycles. The van der Waals surface area contributed by atoms with Crippen molar-refractivity contribution in [2.24, 2.45) is 0 Å². The average molecular weight is 1630 g/mol. The second-order valence-electron chi connectivity index (χ2n) is 28.7. The summed E-state index contributed by atoms with van der Waals surface area (Å²) >= 11 is 0. The van der Waals surface area contributed by atoms with E-state index < -0.39 is 135 Å². The second-order valence-corrected chi connectivity index (χ2v) is 28.7. The number of amides is 10. The van der Waals surface area contributed by atoms with Crippen molar-refractivity contribution in [3.63, 3.8) is 0 Å². The van der Waals surface area contributed by atoms with E-state index in [0.29, 0.717) is 70.6 Å². The number of carbonyl (C=O) groups excluding carboxylic acids is 11. The lowest BCUT2D eigenvalue weighted by molar-refractivity contribution is -0.270. The van der Waals surface area contributed by atoms with Crippen molar-refractivity contribution in [3.8, 4) is 0 Å². The number of ether oxygens (including phenoxy) is 9. The molecule has 0 aliphatic carbocycles. The first-order chi connectivity index (χ1) is 54.1. The molecule has 652 valence electrons. The van der Waals surface area contributed by atoms with Crippen LogP contribution in [-0.4, -0.2) is 327 Å². The first-order valence-electron chi connectivity index (χ1n) is 39.8. The molecule has 3 aliphatic heterocycles. The topological polar surface area (TPSA) is 573 Å². The molecular formula is C74H132N10O29. The number of ketones is 1. The van der Waals surface area contributed by atoms with Gasteiger partial charge < -0.3 is 147 Å². The monoisotopic (exact) mass is 1620 g/mol. The number of unbranched alkanes of at least 4 members (excludes halogenated alkanes) is 10. The number of aliphatic hydroxyl groups is 9. The quantitative estimate of drug-likeness (QED) is 0.0257. The summed E-state index contributed by atoms with van der Waals surface area (Å²) < 4.78 is 52.1.